The van der Waals surface area contributed by atoms with Gasteiger partial charge in [0.25, 0.3) is 5.91 Å². The number of methoxy groups -OCH3 is 2. The molecule has 21 heavy (non-hydrogen) atoms. The van der Waals surface area contributed by atoms with Crippen molar-refractivity contribution in [3.8, 4) is 11.5 Å². The van der Waals surface area contributed by atoms with Crippen molar-refractivity contribution in [2.24, 2.45) is 0 Å². The number of anilines is 1. The number of hydrogen-bond acceptors (Lipinski definition) is 3. The maximum Gasteiger partial charge on any atom is 0.259 e. The van der Waals surface area contributed by atoms with E-state index >= 15 is 0 Å². The van der Waals surface area contributed by atoms with Crippen molar-refractivity contribution in [3.05, 3.63) is 51.3 Å². The summed E-state index contributed by atoms with van der Waals surface area (Å²) in [4.78, 5) is 12.4. The molecule has 0 spiro atoms. The highest BCUT2D eigenvalue weighted by Crippen LogP contribution is 2.26. The van der Waals surface area contributed by atoms with E-state index in [9.17, 15) is 9.18 Å². The lowest BCUT2D eigenvalue weighted by molar-refractivity contribution is 0.102. The number of benzene rings is 2. The molecule has 2 aromatic rings. The van der Waals surface area contributed by atoms with Crippen LogP contribution in [0.4, 0.5) is 10.1 Å². The summed E-state index contributed by atoms with van der Waals surface area (Å²) >= 11 is 1.96. The van der Waals surface area contributed by atoms with Crippen molar-refractivity contribution in [3.63, 3.8) is 0 Å². The molecule has 0 fully saturated rings. The molecule has 4 nitrogen and oxygen atoms in total. The molecule has 2 aromatic carbocycles. The molecule has 0 saturated heterocycles. The molecule has 110 valence electrons. The molecule has 0 radical (unpaired) electrons. The highest BCUT2D eigenvalue weighted by Gasteiger charge is 2.15. The molecule has 0 aliphatic carbocycles. The van der Waals surface area contributed by atoms with Crippen LogP contribution in [-0.2, 0) is 0 Å². The highest BCUT2D eigenvalue weighted by molar-refractivity contribution is 14.1. The SMILES string of the molecule is COc1ccc(OC)c(C(=O)Nc2ccc(F)cc2I)c1. The Labute approximate surface area is 135 Å². The number of carbonyl (C=O) groups excluding carboxylic acids is 1. The first-order chi connectivity index (χ1) is 10.0. The fourth-order valence-electron chi connectivity index (χ4n) is 1.77. The lowest BCUT2D eigenvalue weighted by Gasteiger charge is -2.12. The molecule has 0 saturated carbocycles. The van der Waals surface area contributed by atoms with Crippen LogP contribution in [0.15, 0.2) is 36.4 Å². The molecule has 0 aliphatic rings. The third kappa shape index (κ3) is 3.63. The van der Waals surface area contributed by atoms with E-state index in [1.165, 1.54) is 32.4 Å². The second kappa shape index (κ2) is 6.75. The first-order valence-corrected chi connectivity index (χ1v) is 7.11. The van der Waals surface area contributed by atoms with Gasteiger partial charge in [-0.1, -0.05) is 0 Å². The first-order valence-electron chi connectivity index (χ1n) is 6.03. The Kier molecular flexibility index (Phi) is 5.00. The Morgan fingerprint density at radius 2 is 1.90 bits per heavy atom. The predicted molar refractivity (Wildman–Crippen MR) is 86.6 cm³/mol. The molecule has 0 aliphatic heterocycles. The predicted octanol–water partition coefficient (Wildman–Crippen LogP) is 3.70. The Morgan fingerprint density at radius 3 is 2.52 bits per heavy atom. The van der Waals surface area contributed by atoms with Crippen LogP contribution in [0.5, 0.6) is 11.5 Å². The lowest BCUT2D eigenvalue weighted by Crippen LogP contribution is -2.14. The lowest BCUT2D eigenvalue weighted by atomic mass is 10.1. The van der Waals surface area contributed by atoms with Crippen LogP contribution >= 0.6 is 22.6 Å². The van der Waals surface area contributed by atoms with Gasteiger partial charge in [0.15, 0.2) is 0 Å². The number of rotatable bonds is 4. The molecule has 1 N–H and O–H groups in total. The van der Waals surface area contributed by atoms with Crippen molar-refractivity contribution in [2.75, 3.05) is 19.5 Å². The molecular formula is C15H13FINO3. The van der Waals surface area contributed by atoms with Gasteiger partial charge >= 0.3 is 0 Å². The first kappa shape index (κ1) is 15.6. The molecular weight excluding hydrogens is 388 g/mol. The number of carbonyl (C=O) groups is 1. The second-order valence-electron chi connectivity index (χ2n) is 4.14. The monoisotopic (exact) mass is 401 g/mol. The van der Waals surface area contributed by atoms with Crippen LogP contribution in [0.25, 0.3) is 0 Å². The standard InChI is InChI=1S/C15H13FINO3/c1-20-10-4-6-14(21-2)11(8-10)15(19)18-13-5-3-9(16)7-12(13)17/h3-8H,1-2H3,(H,18,19). The highest BCUT2D eigenvalue weighted by atomic mass is 127. The zero-order chi connectivity index (χ0) is 15.4. The quantitative estimate of drug-likeness (QED) is 0.796. The van der Waals surface area contributed by atoms with Crippen LogP contribution in [0.3, 0.4) is 0 Å². The van der Waals surface area contributed by atoms with E-state index in [1.807, 2.05) is 22.6 Å². The largest absolute Gasteiger partial charge is 0.497 e. The minimum absolute atomic E-state index is 0.344. The van der Waals surface area contributed by atoms with Gasteiger partial charge in [-0.2, -0.15) is 0 Å². The third-order valence-corrected chi connectivity index (χ3v) is 3.72. The summed E-state index contributed by atoms with van der Waals surface area (Å²) in [5.74, 6) is 0.284. The van der Waals surface area contributed by atoms with Crippen LogP contribution in [0, 0.1) is 9.39 Å². The third-order valence-electron chi connectivity index (χ3n) is 2.83. The van der Waals surface area contributed by atoms with Crippen LogP contribution in [-0.4, -0.2) is 20.1 Å². The van der Waals surface area contributed by atoms with Crippen molar-refractivity contribution >= 4 is 34.2 Å². The molecule has 0 atom stereocenters. The summed E-state index contributed by atoms with van der Waals surface area (Å²) in [5.41, 5.74) is 0.879. The number of halogens is 2. The molecule has 0 bridgehead atoms. The smallest absolute Gasteiger partial charge is 0.259 e. The van der Waals surface area contributed by atoms with E-state index in [1.54, 1.807) is 18.2 Å². The van der Waals surface area contributed by atoms with Gasteiger partial charge in [0.2, 0.25) is 0 Å². The molecule has 0 heterocycles. The van der Waals surface area contributed by atoms with Crippen molar-refractivity contribution < 1.29 is 18.7 Å². The van der Waals surface area contributed by atoms with Crippen LogP contribution in [0.1, 0.15) is 10.4 Å². The summed E-state index contributed by atoms with van der Waals surface area (Å²) in [6, 6.07) is 9.10. The number of ether oxygens (including phenoxy) is 2. The van der Waals surface area contributed by atoms with Gasteiger partial charge < -0.3 is 14.8 Å². The van der Waals surface area contributed by atoms with E-state index < -0.39 is 0 Å². The summed E-state index contributed by atoms with van der Waals surface area (Å²) in [7, 11) is 3.01. The summed E-state index contributed by atoms with van der Waals surface area (Å²) < 4.78 is 24.0. The number of hydrogen-bond donors (Lipinski definition) is 1. The summed E-state index contributed by atoms with van der Waals surface area (Å²) in [6.07, 6.45) is 0. The van der Waals surface area contributed by atoms with E-state index in [0.29, 0.717) is 26.3 Å². The zero-order valence-corrected chi connectivity index (χ0v) is 13.6. The Bertz CT molecular complexity index is 676. The van der Waals surface area contributed by atoms with E-state index in [0.717, 1.165) is 0 Å². The Morgan fingerprint density at radius 1 is 1.14 bits per heavy atom. The summed E-state index contributed by atoms with van der Waals surface area (Å²) in [6.45, 7) is 0. The Hall–Kier alpha value is -1.83. The van der Waals surface area contributed by atoms with E-state index in [4.69, 9.17) is 9.47 Å². The normalized spacial score (nSPS) is 10.1. The fourth-order valence-corrected chi connectivity index (χ4v) is 2.38. The minimum Gasteiger partial charge on any atom is -0.497 e. The van der Waals surface area contributed by atoms with Crippen molar-refractivity contribution in [1.29, 1.82) is 0 Å². The molecule has 1 amide bonds. The Balaban J connectivity index is 2.31. The molecule has 2 rings (SSSR count). The maximum atomic E-state index is 13.1. The average molecular weight is 401 g/mol. The minimum atomic E-state index is -0.352. The van der Waals surface area contributed by atoms with Gasteiger partial charge in [-0.3, -0.25) is 4.79 Å². The van der Waals surface area contributed by atoms with Gasteiger partial charge in [0.1, 0.15) is 17.3 Å². The zero-order valence-electron chi connectivity index (χ0n) is 11.4. The summed E-state index contributed by atoms with van der Waals surface area (Å²) in [5, 5.41) is 2.73. The molecule has 0 aromatic heterocycles. The van der Waals surface area contributed by atoms with E-state index in [2.05, 4.69) is 5.32 Å². The fraction of sp³-hybridized carbons (Fsp3) is 0.133. The maximum absolute atomic E-state index is 13.1. The van der Waals surface area contributed by atoms with Gasteiger partial charge in [0.05, 0.1) is 25.5 Å². The van der Waals surface area contributed by atoms with Crippen molar-refractivity contribution in [2.45, 2.75) is 0 Å². The molecule has 0 unspecified atom stereocenters. The number of amides is 1. The van der Waals surface area contributed by atoms with Gasteiger partial charge in [-0.25, -0.2) is 4.39 Å². The average Bonchev–Trinajstić information content (AvgIpc) is 2.49. The van der Waals surface area contributed by atoms with Gasteiger partial charge in [0, 0.05) is 3.57 Å². The number of nitrogens with one attached hydrogen (secondary N) is 1. The van der Waals surface area contributed by atoms with Crippen LogP contribution < -0.4 is 14.8 Å². The van der Waals surface area contributed by atoms with Gasteiger partial charge in [-0.05, 0) is 59.0 Å². The van der Waals surface area contributed by atoms with Crippen molar-refractivity contribution in [1.82, 2.24) is 0 Å². The molecule has 6 heteroatoms. The van der Waals surface area contributed by atoms with Gasteiger partial charge in [-0.15, -0.1) is 0 Å². The van der Waals surface area contributed by atoms with E-state index in [-0.39, 0.29) is 11.7 Å². The van der Waals surface area contributed by atoms with Crippen LogP contribution in [0.2, 0.25) is 0 Å². The second-order valence-corrected chi connectivity index (χ2v) is 5.31. The topological polar surface area (TPSA) is 47.6 Å².